The van der Waals surface area contributed by atoms with Gasteiger partial charge in [0.1, 0.15) is 24.2 Å². The second-order valence-electron chi connectivity index (χ2n) is 12.4. The van der Waals surface area contributed by atoms with Crippen LogP contribution in [0, 0.1) is 11.3 Å². The summed E-state index contributed by atoms with van der Waals surface area (Å²) in [7, 11) is -1.39. The van der Waals surface area contributed by atoms with Crippen LogP contribution in [0.25, 0.3) is 0 Å². The molecule has 0 saturated carbocycles. The Morgan fingerprint density at radius 2 is 1.91 bits per heavy atom. The van der Waals surface area contributed by atoms with Gasteiger partial charge >= 0.3 is 6.18 Å². The molecule has 11 nitrogen and oxygen atoms in total. The first-order chi connectivity index (χ1) is 20.9. The van der Waals surface area contributed by atoms with Gasteiger partial charge in [0.05, 0.1) is 17.4 Å². The predicted octanol–water partition coefficient (Wildman–Crippen LogP) is 3.14. The van der Waals surface area contributed by atoms with E-state index in [0.717, 1.165) is 22.7 Å². The quantitative estimate of drug-likeness (QED) is 0.278. The molecule has 0 spiro atoms. The minimum atomic E-state index is -4.84. The number of nitrogens with one attached hydrogen (secondary N) is 1. The van der Waals surface area contributed by atoms with Gasteiger partial charge in [0, 0.05) is 79.2 Å². The number of halogens is 3. The van der Waals surface area contributed by atoms with Crippen molar-refractivity contribution in [2.24, 2.45) is 0 Å². The molecule has 1 N–H and O–H groups in total. The second-order valence-corrected chi connectivity index (χ2v) is 18.0. The van der Waals surface area contributed by atoms with Crippen LogP contribution in [0.3, 0.4) is 0 Å². The van der Waals surface area contributed by atoms with Crippen LogP contribution in [0.4, 0.5) is 24.7 Å². The van der Waals surface area contributed by atoms with Crippen LogP contribution in [0.15, 0.2) is 29.3 Å². The molecule has 1 amide bonds. The number of aromatic nitrogens is 3. The molecule has 2 aliphatic heterocycles. The number of nitrogens with zero attached hydrogens (tertiary/aromatic N) is 7. The number of hydrogen-bond donors (Lipinski definition) is 1. The molecule has 240 valence electrons. The van der Waals surface area contributed by atoms with Crippen molar-refractivity contribution >= 4 is 25.5 Å². The van der Waals surface area contributed by atoms with Gasteiger partial charge in [-0.1, -0.05) is 19.6 Å². The predicted molar refractivity (Wildman–Crippen MR) is 163 cm³/mol. The maximum Gasteiger partial charge on any atom is 0.423 e. The van der Waals surface area contributed by atoms with Crippen molar-refractivity contribution in [3.63, 3.8) is 0 Å². The molecule has 0 aliphatic carbocycles. The van der Waals surface area contributed by atoms with E-state index in [1.165, 1.54) is 6.20 Å². The van der Waals surface area contributed by atoms with Crippen molar-refractivity contribution in [2.45, 2.75) is 63.9 Å². The summed E-state index contributed by atoms with van der Waals surface area (Å²) in [4.78, 5) is 35.5. The number of carbonyl (C=O) groups is 1. The Hall–Kier alpha value is -3.48. The van der Waals surface area contributed by atoms with Crippen LogP contribution in [-0.4, -0.2) is 92.1 Å². The fraction of sp³-hybridized carbons (Fsp3) is 0.621. The third kappa shape index (κ3) is 8.79. The molecule has 0 aromatic carbocycles. The molecular weight excluding hydrogens is 593 g/mol. The summed E-state index contributed by atoms with van der Waals surface area (Å²) in [5, 5.41) is 16.2. The number of anilines is 2. The number of amides is 1. The third-order valence-corrected chi connectivity index (χ3v) is 9.64. The smallest absolute Gasteiger partial charge is 0.365 e. The van der Waals surface area contributed by atoms with Crippen molar-refractivity contribution in [3.05, 3.63) is 46.0 Å². The average Bonchev–Trinajstić information content (AvgIpc) is 3.45. The number of nitriles is 1. The first-order valence-corrected chi connectivity index (χ1v) is 18.7. The van der Waals surface area contributed by atoms with Crippen molar-refractivity contribution < 1.29 is 22.7 Å². The van der Waals surface area contributed by atoms with E-state index in [4.69, 9.17) is 10.00 Å². The van der Waals surface area contributed by atoms with Gasteiger partial charge in [-0.25, -0.2) is 9.67 Å². The van der Waals surface area contributed by atoms with Crippen LogP contribution in [-0.2, 0) is 22.4 Å². The molecule has 0 unspecified atom stereocenters. The minimum absolute atomic E-state index is 0.00689. The topological polar surface area (TPSA) is 120 Å². The van der Waals surface area contributed by atoms with Crippen LogP contribution >= 0.6 is 0 Å². The minimum Gasteiger partial charge on any atom is -0.365 e. The third-order valence-electron chi connectivity index (χ3n) is 7.93. The number of rotatable bonds is 12. The Kier molecular flexibility index (Phi) is 11.0. The molecule has 0 radical (unpaired) electrons. The van der Waals surface area contributed by atoms with E-state index in [2.05, 4.69) is 39.9 Å². The summed E-state index contributed by atoms with van der Waals surface area (Å²) in [6, 6.07) is 6.13. The molecule has 2 aromatic rings. The van der Waals surface area contributed by atoms with Gasteiger partial charge in [-0.3, -0.25) is 9.59 Å². The molecule has 4 heterocycles. The van der Waals surface area contributed by atoms with E-state index in [9.17, 15) is 22.8 Å². The fourth-order valence-electron chi connectivity index (χ4n) is 5.40. The van der Waals surface area contributed by atoms with Gasteiger partial charge in [0.2, 0.25) is 5.91 Å². The zero-order chi connectivity index (χ0) is 31.9. The maximum absolute atomic E-state index is 14.2. The SMILES string of the molecule is C[Si](C)(C)CCOCn1ncc(N2CCC[C@H]2CNCCC(=O)N2CCN(c3ccc(C#N)cn3)CC2)c(C(F)(F)F)c1=O. The summed E-state index contributed by atoms with van der Waals surface area (Å²) >= 11 is 0. The van der Waals surface area contributed by atoms with E-state index < -0.39 is 25.4 Å². The van der Waals surface area contributed by atoms with Crippen molar-refractivity contribution in [3.8, 4) is 6.07 Å². The molecule has 2 saturated heterocycles. The molecule has 2 fully saturated rings. The number of carbonyl (C=O) groups excluding carboxylic acids is 1. The van der Waals surface area contributed by atoms with Gasteiger partial charge in [0.15, 0.2) is 0 Å². The maximum atomic E-state index is 14.2. The number of ether oxygens (including phenoxy) is 1. The zero-order valence-corrected chi connectivity index (χ0v) is 26.6. The standard InChI is InChI=1S/C29H41F3N8O3Si/c1-44(2,3)16-15-43-21-40-28(42)27(29(30,31)32)24(20-36-40)39-10-4-5-23(39)19-34-9-8-26(41)38-13-11-37(12-14-38)25-7-6-22(17-33)18-35-25/h6-7,18,20,23,34H,4-5,8-16,19,21H2,1-3H3/t23-/m0/s1. The molecular formula is C29H41F3N8O3Si. The van der Waals surface area contributed by atoms with E-state index in [-0.39, 0.29) is 30.8 Å². The molecule has 44 heavy (non-hydrogen) atoms. The largest absolute Gasteiger partial charge is 0.423 e. The lowest BCUT2D eigenvalue weighted by atomic mass is 10.1. The molecule has 2 aliphatic rings. The van der Waals surface area contributed by atoms with Crippen molar-refractivity contribution in [2.75, 3.05) is 62.2 Å². The average molecular weight is 635 g/mol. The number of hydrogen-bond acceptors (Lipinski definition) is 9. The molecule has 15 heteroatoms. The van der Waals surface area contributed by atoms with E-state index in [0.29, 0.717) is 70.8 Å². The monoisotopic (exact) mass is 634 g/mol. The van der Waals surface area contributed by atoms with Gasteiger partial charge < -0.3 is 24.8 Å². The number of pyridine rings is 1. The highest BCUT2D eigenvalue weighted by Gasteiger charge is 2.41. The molecule has 1 atom stereocenters. The highest BCUT2D eigenvalue weighted by atomic mass is 28.3. The normalized spacial score (nSPS) is 17.7. The first kappa shape index (κ1) is 33.4. The summed E-state index contributed by atoms with van der Waals surface area (Å²) in [6.45, 7) is 10.1. The van der Waals surface area contributed by atoms with Crippen molar-refractivity contribution in [1.82, 2.24) is 25.0 Å². The number of alkyl halides is 3. The highest BCUT2D eigenvalue weighted by molar-refractivity contribution is 6.76. The first-order valence-electron chi connectivity index (χ1n) is 15.0. The number of piperazine rings is 1. The Balaban J connectivity index is 1.28. The van der Waals surface area contributed by atoms with Crippen LogP contribution in [0.2, 0.25) is 25.7 Å². The van der Waals surface area contributed by atoms with E-state index >= 15 is 0 Å². The van der Waals surface area contributed by atoms with Crippen molar-refractivity contribution in [1.29, 1.82) is 5.26 Å². The summed E-state index contributed by atoms with van der Waals surface area (Å²) in [5.74, 6) is 0.776. The zero-order valence-electron chi connectivity index (χ0n) is 25.6. The lowest BCUT2D eigenvalue weighted by Crippen LogP contribution is -2.49. The highest BCUT2D eigenvalue weighted by Crippen LogP contribution is 2.36. The van der Waals surface area contributed by atoms with Gasteiger partial charge in [0.25, 0.3) is 5.56 Å². The lowest BCUT2D eigenvalue weighted by Gasteiger charge is -2.35. The molecule has 4 rings (SSSR count). The van der Waals surface area contributed by atoms with Gasteiger partial charge in [-0.05, 0) is 31.0 Å². The summed E-state index contributed by atoms with van der Waals surface area (Å²) in [6.07, 6.45) is -0.574. The van der Waals surface area contributed by atoms with Gasteiger partial charge in [-0.2, -0.15) is 23.5 Å². The van der Waals surface area contributed by atoms with Crippen LogP contribution in [0.5, 0.6) is 0 Å². The summed E-state index contributed by atoms with van der Waals surface area (Å²) in [5.41, 5.74) is -2.15. The van der Waals surface area contributed by atoms with E-state index in [1.807, 2.05) is 6.07 Å². The van der Waals surface area contributed by atoms with E-state index in [1.54, 1.807) is 21.9 Å². The Bertz CT molecular complexity index is 1370. The Labute approximate surface area is 256 Å². The molecule has 0 bridgehead atoms. The second kappa shape index (κ2) is 14.5. The van der Waals surface area contributed by atoms with Crippen LogP contribution in [0.1, 0.15) is 30.4 Å². The van der Waals surface area contributed by atoms with Gasteiger partial charge in [-0.15, -0.1) is 0 Å². The summed E-state index contributed by atoms with van der Waals surface area (Å²) < 4.78 is 48.7. The van der Waals surface area contributed by atoms with Crippen LogP contribution < -0.4 is 20.7 Å². The fourth-order valence-corrected chi connectivity index (χ4v) is 6.15. The Morgan fingerprint density at radius 1 is 1.16 bits per heavy atom. The molecule has 2 aromatic heterocycles. The lowest BCUT2D eigenvalue weighted by molar-refractivity contribution is -0.139. The Morgan fingerprint density at radius 3 is 2.55 bits per heavy atom.